The van der Waals surface area contributed by atoms with E-state index in [-0.39, 0.29) is 11.5 Å². The number of carbonyl (C=O) groups excluding carboxylic acids is 1. The molecule has 0 aliphatic carbocycles. The summed E-state index contributed by atoms with van der Waals surface area (Å²) < 4.78 is 11.4. The first-order valence-corrected chi connectivity index (χ1v) is 10.4. The third kappa shape index (κ3) is 4.43. The van der Waals surface area contributed by atoms with Gasteiger partial charge < -0.3 is 14.2 Å². The maximum atomic E-state index is 12.5. The molecule has 0 radical (unpaired) electrons. The lowest BCUT2D eigenvalue weighted by Crippen LogP contribution is -2.49. The van der Waals surface area contributed by atoms with Crippen molar-refractivity contribution in [2.75, 3.05) is 19.7 Å². The lowest BCUT2D eigenvalue weighted by atomic mass is 9.84. The first-order chi connectivity index (χ1) is 13.6. The van der Waals surface area contributed by atoms with Gasteiger partial charge in [0.1, 0.15) is 0 Å². The molecule has 1 aromatic heterocycles. The molecule has 150 valence electrons. The standard InChI is InChI=1S/C22H29N3O3/c1-17-7-9-18(10-8-17)21-23-19(28-24-21)5-4-6-20(26)25-14-12-22(13-15-25)11-2-3-16-27-22/h7-10H,2-6,11-16H2,1H3. The summed E-state index contributed by atoms with van der Waals surface area (Å²) in [4.78, 5) is 19.0. The van der Waals surface area contributed by atoms with Crippen molar-refractivity contribution in [1.29, 1.82) is 0 Å². The second kappa shape index (κ2) is 8.43. The number of aryl methyl sites for hydroxylation is 2. The fraction of sp³-hybridized carbons (Fsp3) is 0.591. The Morgan fingerprint density at radius 2 is 1.93 bits per heavy atom. The highest BCUT2D eigenvalue weighted by atomic mass is 16.5. The second-order valence-corrected chi connectivity index (χ2v) is 8.10. The number of hydrogen-bond acceptors (Lipinski definition) is 5. The van der Waals surface area contributed by atoms with E-state index < -0.39 is 0 Å². The van der Waals surface area contributed by atoms with Crippen molar-refractivity contribution in [3.8, 4) is 11.4 Å². The number of piperidine rings is 1. The van der Waals surface area contributed by atoms with Crippen molar-refractivity contribution < 1.29 is 14.1 Å². The van der Waals surface area contributed by atoms with Crippen LogP contribution in [0.3, 0.4) is 0 Å². The van der Waals surface area contributed by atoms with Crippen LogP contribution in [-0.2, 0) is 16.0 Å². The van der Waals surface area contributed by atoms with Crippen LogP contribution in [0, 0.1) is 6.92 Å². The van der Waals surface area contributed by atoms with E-state index in [1.165, 1.54) is 18.4 Å². The van der Waals surface area contributed by atoms with Crippen molar-refractivity contribution in [2.45, 2.75) is 63.9 Å². The van der Waals surface area contributed by atoms with Gasteiger partial charge in [-0.05, 0) is 45.4 Å². The quantitative estimate of drug-likeness (QED) is 0.782. The fourth-order valence-corrected chi connectivity index (χ4v) is 4.19. The van der Waals surface area contributed by atoms with E-state index in [4.69, 9.17) is 9.26 Å². The Bertz CT molecular complexity index is 784. The zero-order valence-electron chi connectivity index (χ0n) is 16.7. The van der Waals surface area contributed by atoms with Crippen LogP contribution >= 0.6 is 0 Å². The number of ether oxygens (including phenoxy) is 1. The molecule has 1 spiro atoms. The van der Waals surface area contributed by atoms with Crippen LogP contribution in [0.25, 0.3) is 11.4 Å². The molecular formula is C22H29N3O3. The number of carbonyl (C=O) groups is 1. The SMILES string of the molecule is Cc1ccc(-c2noc(CCCC(=O)N3CCC4(CCCCO4)CC3)n2)cc1. The molecule has 2 aromatic rings. The maximum absolute atomic E-state index is 12.5. The minimum Gasteiger partial charge on any atom is -0.375 e. The smallest absolute Gasteiger partial charge is 0.226 e. The van der Waals surface area contributed by atoms with Gasteiger partial charge in [-0.2, -0.15) is 4.98 Å². The van der Waals surface area contributed by atoms with Crippen molar-refractivity contribution >= 4 is 5.91 Å². The van der Waals surface area contributed by atoms with E-state index in [1.807, 2.05) is 36.1 Å². The Hall–Kier alpha value is -2.21. The third-order valence-corrected chi connectivity index (χ3v) is 6.02. The van der Waals surface area contributed by atoms with Gasteiger partial charge in [0.15, 0.2) is 0 Å². The highest BCUT2D eigenvalue weighted by Gasteiger charge is 2.37. The number of rotatable bonds is 5. The minimum atomic E-state index is 0.0468. The Morgan fingerprint density at radius 3 is 2.64 bits per heavy atom. The molecule has 0 bridgehead atoms. The summed E-state index contributed by atoms with van der Waals surface area (Å²) in [5, 5.41) is 4.06. The van der Waals surface area contributed by atoms with Gasteiger partial charge >= 0.3 is 0 Å². The summed E-state index contributed by atoms with van der Waals surface area (Å²) in [6.45, 7) is 4.56. The van der Waals surface area contributed by atoms with Crippen molar-refractivity contribution in [1.82, 2.24) is 15.0 Å². The van der Waals surface area contributed by atoms with E-state index >= 15 is 0 Å². The van der Waals surface area contributed by atoms with Crippen molar-refractivity contribution in [3.05, 3.63) is 35.7 Å². The van der Waals surface area contributed by atoms with Gasteiger partial charge in [0.25, 0.3) is 0 Å². The molecule has 0 unspecified atom stereocenters. The summed E-state index contributed by atoms with van der Waals surface area (Å²) in [6.07, 6.45) is 7.41. The van der Waals surface area contributed by atoms with Gasteiger partial charge in [0, 0.05) is 38.1 Å². The highest BCUT2D eigenvalue weighted by Crippen LogP contribution is 2.35. The molecule has 4 rings (SSSR count). The topological polar surface area (TPSA) is 68.5 Å². The largest absolute Gasteiger partial charge is 0.375 e. The number of amides is 1. The number of aromatic nitrogens is 2. The molecule has 1 aromatic carbocycles. The van der Waals surface area contributed by atoms with Crippen LogP contribution in [0.4, 0.5) is 0 Å². The third-order valence-electron chi connectivity index (χ3n) is 6.02. The molecule has 6 nitrogen and oxygen atoms in total. The monoisotopic (exact) mass is 383 g/mol. The molecular weight excluding hydrogens is 354 g/mol. The molecule has 0 saturated carbocycles. The zero-order valence-corrected chi connectivity index (χ0v) is 16.7. The van der Waals surface area contributed by atoms with Gasteiger partial charge in [-0.15, -0.1) is 0 Å². The van der Waals surface area contributed by atoms with E-state index in [0.717, 1.165) is 50.9 Å². The van der Waals surface area contributed by atoms with Crippen molar-refractivity contribution in [3.63, 3.8) is 0 Å². The summed E-state index contributed by atoms with van der Waals surface area (Å²) in [5.74, 6) is 1.43. The summed E-state index contributed by atoms with van der Waals surface area (Å²) in [6, 6.07) is 8.05. The number of benzene rings is 1. The van der Waals surface area contributed by atoms with Crippen LogP contribution in [-0.4, -0.2) is 46.2 Å². The van der Waals surface area contributed by atoms with Crippen LogP contribution in [0.2, 0.25) is 0 Å². The molecule has 1 amide bonds. The van der Waals surface area contributed by atoms with Gasteiger partial charge in [-0.25, -0.2) is 0 Å². The zero-order chi connectivity index (χ0) is 19.4. The van der Waals surface area contributed by atoms with Crippen LogP contribution < -0.4 is 0 Å². The Morgan fingerprint density at radius 1 is 1.14 bits per heavy atom. The number of nitrogens with zero attached hydrogens (tertiary/aromatic N) is 3. The summed E-state index contributed by atoms with van der Waals surface area (Å²) in [5.41, 5.74) is 2.19. The second-order valence-electron chi connectivity index (χ2n) is 8.10. The molecule has 3 heterocycles. The summed E-state index contributed by atoms with van der Waals surface area (Å²) >= 11 is 0. The van der Waals surface area contributed by atoms with Gasteiger partial charge in [-0.1, -0.05) is 35.0 Å². The first kappa shape index (κ1) is 19.1. The molecule has 0 N–H and O–H groups in total. The lowest BCUT2D eigenvalue weighted by Gasteiger charge is -2.44. The van der Waals surface area contributed by atoms with Crippen LogP contribution in [0.5, 0.6) is 0 Å². The molecule has 2 aliphatic rings. The molecule has 2 fully saturated rings. The highest BCUT2D eigenvalue weighted by molar-refractivity contribution is 5.76. The van der Waals surface area contributed by atoms with Gasteiger partial charge in [0.05, 0.1) is 5.60 Å². The average molecular weight is 383 g/mol. The normalized spacial score (nSPS) is 19.1. The summed E-state index contributed by atoms with van der Waals surface area (Å²) in [7, 11) is 0. The Balaban J connectivity index is 1.22. The molecule has 2 aliphatic heterocycles. The van der Waals surface area contributed by atoms with Gasteiger partial charge in [0.2, 0.25) is 17.6 Å². The molecule has 6 heteroatoms. The lowest BCUT2D eigenvalue weighted by molar-refractivity contribution is -0.142. The maximum Gasteiger partial charge on any atom is 0.226 e. The van der Waals surface area contributed by atoms with Crippen molar-refractivity contribution in [2.24, 2.45) is 0 Å². The first-order valence-electron chi connectivity index (χ1n) is 10.4. The van der Waals surface area contributed by atoms with E-state index in [1.54, 1.807) is 0 Å². The minimum absolute atomic E-state index is 0.0468. The van der Waals surface area contributed by atoms with E-state index in [2.05, 4.69) is 10.1 Å². The fourth-order valence-electron chi connectivity index (χ4n) is 4.19. The van der Waals surface area contributed by atoms with Crippen LogP contribution in [0.15, 0.2) is 28.8 Å². The Kier molecular flexibility index (Phi) is 5.76. The molecule has 2 saturated heterocycles. The molecule has 28 heavy (non-hydrogen) atoms. The number of hydrogen-bond donors (Lipinski definition) is 0. The van der Waals surface area contributed by atoms with Gasteiger partial charge in [-0.3, -0.25) is 4.79 Å². The predicted octanol–water partition coefficient (Wildman–Crippen LogP) is 3.93. The predicted molar refractivity (Wildman–Crippen MR) is 106 cm³/mol. The number of likely N-dealkylation sites (tertiary alicyclic amines) is 1. The molecule has 0 atom stereocenters. The van der Waals surface area contributed by atoms with E-state index in [0.29, 0.717) is 24.6 Å². The average Bonchev–Trinajstić information content (AvgIpc) is 3.18. The van der Waals surface area contributed by atoms with E-state index in [9.17, 15) is 4.79 Å². The Labute approximate surface area is 166 Å². The van der Waals surface area contributed by atoms with Crippen LogP contribution in [0.1, 0.15) is 56.4 Å².